The van der Waals surface area contributed by atoms with Gasteiger partial charge in [0.25, 0.3) is 0 Å². The molecule has 3 aromatic rings. The second-order valence-corrected chi connectivity index (χ2v) is 10.0. The van der Waals surface area contributed by atoms with Gasteiger partial charge >= 0.3 is 6.03 Å². The maximum Gasteiger partial charge on any atom is 0.321 e. The quantitative estimate of drug-likeness (QED) is 0.559. The molecule has 180 valence electrons. The van der Waals surface area contributed by atoms with E-state index in [1.807, 2.05) is 19.2 Å². The molecule has 5 rings (SSSR count). The number of fused-ring (bicyclic) bond motifs is 3. The van der Waals surface area contributed by atoms with Crippen LogP contribution >= 0.6 is 11.3 Å². The number of carbonyl (C=O) groups is 1. The number of nitrogens with one attached hydrogen (secondary N) is 2. The van der Waals surface area contributed by atoms with Crippen LogP contribution in [0.3, 0.4) is 0 Å². The first kappa shape index (κ1) is 22.9. The van der Waals surface area contributed by atoms with Crippen LogP contribution in [0.25, 0.3) is 21.8 Å². The van der Waals surface area contributed by atoms with Crippen LogP contribution in [-0.4, -0.2) is 70.1 Å². The molecule has 0 unspecified atom stereocenters. The number of hydrogen-bond donors (Lipinski definition) is 2. The fourth-order valence-electron chi connectivity index (χ4n) is 4.46. The van der Waals surface area contributed by atoms with Gasteiger partial charge in [-0.1, -0.05) is 11.3 Å². The van der Waals surface area contributed by atoms with Crippen LogP contribution in [0.4, 0.5) is 9.93 Å². The summed E-state index contributed by atoms with van der Waals surface area (Å²) >= 11 is 1.52. The van der Waals surface area contributed by atoms with E-state index >= 15 is 0 Å². The van der Waals surface area contributed by atoms with Crippen LogP contribution in [0, 0.1) is 6.92 Å². The predicted molar refractivity (Wildman–Crippen MR) is 133 cm³/mol. The van der Waals surface area contributed by atoms with Crippen molar-refractivity contribution in [3.05, 3.63) is 35.3 Å². The van der Waals surface area contributed by atoms with Gasteiger partial charge in [0.1, 0.15) is 0 Å². The van der Waals surface area contributed by atoms with E-state index in [9.17, 15) is 4.79 Å². The van der Waals surface area contributed by atoms with Crippen molar-refractivity contribution in [1.82, 2.24) is 30.0 Å². The molecule has 1 saturated heterocycles. The van der Waals surface area contributed by atoms with E-state index in [4.69, 9.17) is 14.8 Å². The number of urea groups is 1. The Kier molecular flexibility index (Phi) is 6.62. The second-order valence-electron chi connectivity index (χ2n) is 9.03. The Morgan fingerprint density at radius 1 is 1.24 bits per heavy atom. The molecule has 2 amide bonds. The van der Waals surface area contributed by atoms with Crippen LogP contribution in [0.2, 0.25) is 0 Å². The van der Waals surface area contributed by atoms with E-state index in [-0.39, 0.29) is 12.1 Å². The van der Waals surface area contributed by atoms with Gasteiger partial charge in [-0.2, -0.15) is 5.10 Å². The van der Waals surface area contributed by atoms with Gasteiger partial charge in [-0.3, -0.25) is 19.9 Å². The Bertz CT molecular complexity index is 1160. The van der Waals surface area contributed by atoms with Crippen molar-refractivity contribution in [1.29, 1.82) is 0 Å². The molecule has 2 aliphatic rings. The summed E-state index contributed by atoms with van der Waals surface area (Å²) in [6.45, 7) is 11.0. The highest BCUT2D eigenvalue weighted by Crippen LogP contribution is 2.44. The van der Waals surface area contributed by atoms with Crippen molar-refractivity contribution in [2.75, 3.05) is 44.7 Å². The number of thiazole rings is 1. The number of aromatic nitrogens is 4. The van der Waals surface area contributed by atoms with Crippen LogP contribution < -0.4 is 10.6 Å². The molecule has 0 atom stereocenters. The predicted octanol–water partition coefficient (Wildman–Crippen LogP) is 3.51. The molecule has 1 fully saturated rings. The van der Waals surface area contributed by atoms with Gasteiger partial charge in [0.05, 0.1) is 35.2 Å². The number of morpholine rings is 1. The molecule has 0 radical (unpaired) electrons. The van der Waals surface area contributed by atoms with Gasteiger partial charge in [-0.15, -0.1) is 0 Å². The molecule has 3 aromatic heterocycles. The number of carbonyl (C=O) groups excluding carboxylic acids is 1. The molecule has 34 heavy (non-hydrogen) atoms. The minimum absolute atomic E-state index is 0.203. The van der Waals surface area contributed by atoms with Crippen LogP contribution in [0.1, 0.15) is 36.8 Å². The van der Waals surface area contributed by atoms with E-state index in [1.165, 1.54) is 16.9 Å². The van der Waals surface area contributed by atoms with Crippen LogP contribution in [0.5, 0.6) is 0 Å². The summed E-state index contributed by atoms with van der Waals surface area (Å²) in [5, 5.41) is 11.5. The SMILES string of the molecule is Cc1ccc(-c2nn(C(C)C)c3c2CCc2nc(NC(=O)NCCN4CCOCC4)sc2-3)cn1. The molecule has 10 heteroatoms. The van der Waals surface area contributed by atoms with E-state index in [2.05, 4.69) is 45.1 Å². The zero-order chi connectivity index (χ0) is 23.7. The largest absolute Gasteiger partial charge is 0.379 e. The number of aryl methyl sites for hydroxylation is 2. The molecule has 1 aliphatic heterocycles. The first-order valence-corrected chi connectivity index (χ1v) is 12.7. The average molecular weight is 482 g/mol. The highest BCUT2D eigenvalue weighted by atomic mass is 32.1. The molecule has 0 bridgehead atoms. The van der Waals surface area contributed by atoms with E-state index in [1.54, 1.807) is 0 Å². The van der Waals surface area contributed by atoms with Crippen molar-refractivity contribution in [2.24, 2.45) is 0 Å². The third-order valence-corrected chi connectivity index (χ3v) is 7.26. The Morgan fingerprint density at radius 2 is 2.06 bits per heavy atom. The Balaban J connectivity index is 1.34. The lowest BCUT2D eigenvalue weighted by atomic mass is 9.95. The normalized spacial score (nSPS) is 15.8. The number of rotatable bonds is 6. The first-order chi connectivity index (χ1) is 16.5. The van der Waals surface area contributed by atoms with Crippen molar-refractivity contribution in [2.45, 2.75) is 39.7 Å². The topological polar surface area (TPSA) is 97.2 Å². The average Bonchev–Trinajstić information content (AvgIpc) is 3.41. The molecule has 1 aliphatic carbocycles. The summed E-state index contributed by atoms with van der Waals surface area (Å²) in [5.41, 5.74) is 6.39. The summed E-state index contributed by atoms with van der Waals surface area (Å²) in [4.78, 5) is 25.1. The van der Waals surface area contributed by atoms with Gasteiger partial charge in [0, 0.05) is 55.2 Å². The monoisotopic (exact) mass is 481 g/mol. The minimum Gasteiger partial charge on any atom is -0.379 e. The maximum atomic E-state index is 12.5. The zero-order valence-corrected chi connectivity index (χ0v) is 20.7. The van der Waals surface area contributed by atoms with E-state index in [0.717, 1.165) is 78.9 Å². The van der Waals surface area contributed by atoms with Gasteiger partial charge < -0.3 is 10.1 Å². The lowest BCUT2D eigenvalue weighted by molar-refractivity contribution is 0.0388. The standard InChI is InChI=1S/C24H31N7O2S/c1-15(2)31-21-18(20(29-31)17-5-4-16(3)26-14-17)6-7-19-22(21)34-24(27-19)28-23(32)25-8-9-30-10-12-33-13-11-30/h4-5,14-15H,6-13H2,1-3H3,(H2,25,27,28,32). The molecule has 0 aromatic carbocycles. The van der Waals surface area contributed by atoms with Crippen molar-refractivity contribution >= 4 is 22.5 Å². The Labute approximate surface area is 203 Å². The summed E-state index contributed by atoms with van der Waals surface area (Å²) in [6.07, 6.45) is 3.60. The Morgan fingerprint density at radius 3 is 2.79 bits per heavy atom. The summed E-state index contributed by atoms with van der Waals surface area (Å²) in [5.74, 6) is 0. The van der Waals surface area contributed by atoms with Crippen molar-refractivity contribution < 1.29 is 9.53 Å². The molecule has 2 N–H and O–H groups in total. The third-order valence-electron chi connectivity index (χ3n) is 6.24. The number of amides is 2. The number of pyridine rings is 1. The highest BCUT2D eigenvalue weighted by Gasteiger charge is 2.30. The summed E-state index contributed by atoms with van der Waals surface area (Å²) in [7, 11) is 0. The number of anilines is 1. The molecular weight excluding hydrogens is 450 g/mol. The maximum absolute atomic E-state index is 12.5. The van der Waals surface area contributed by atoms with Gasteiger partial charge in [-0.05, 0) is 45.7 Å². The van der Waals surface area contributed by atoms with Gasteiger partial charge in [-0.25, -0.2) is 9.78 Å². The van der Waals surface area contributed by atoms with Gasteiger partial charge in [0.15, 0.2) is 5.13 Å². The van der Waals surface area contributed by atoms with E-state index in [0.29, 0.717) is 11.7 Å². The molecule has 0 saturated carbocycles. The fraction of sp³-hybridized carbons (Fsp3) is 0.500. The lowest BCUT2D eigenvalue weighted by Crippen LogP contribution is -2.42. The molecule has 4 heterocycles. The van der Waals surface area contributed by atoms with Crippen LogP contribution in [0.15, 0.2) is 18.3 Å². The second kappa shape index (κ2) is 9.81. The zero-order valence-electron chi connectivity index (χ0n) is 19.9. The number of hydrogen-bond acceptors (Lipinski definition) is 7. The van der Waals surface area contributed by atoms with Gasteiger partial charge in [0.2, 0.25) is 0 Å². The number of nitrogens with zero attached hydrogens (tertiary/aromatic N) is 5. The van der Waals surface area contributed by atoms with Crippen LogP contribution in [-0.2, 0) is 17.6 Å². The first-order valence-electron chi connectivity index (χ1n) is 11.9. The fourth-order valence-corrected chi connectivity index (χ4v) is 5.53. The smallest absolute Gasteiger partial charge is 0.321 e. The summed E-state index contributed by atoms with van der Waals surface area (Å²) < 4.78 is 7.46. The van der Waals surface area contributed by atoms with Crippen molar-refractivity contribution in [3.63, 3.8) is 0 Å². The number of ether oxygens (including phenoxy) is 1. The molecule has 9 nitrogen and oxygen atoms in total. The third kappa shape index (κ3) is 4.70. The Hall–Kier alpha value is -2.82. The lowest BCUT2D eigenvalue weighted by Gasteiger charge is -2.26. The summed E-state index contributed by atoms with van der Waals surface area (Å²) in [6, 6.07) is 4.10. The molecular formula is C24H31N7O2S. The van der Waals surface area contributed by atoms with E-state index < -0.39 is 0 Å². The molecule has 0 spiro atoms. The minimum atomic E-state index is -0.219. The highest BCUT2D eigenvalue weighted by molar-refractivity contribution is 7.19. The van der Waals surface area contributed by atoms with Crippen molar-refractivity contribution in [3.8, 4) is 21.8 Å².